The largest absolute Gasteiger partial charge is 0.465 e. The zero-order valence-corrected chi connectivity index (χ0v) is 16.5. The number of amides is 1. The Bertz CT molecular complexity index is 977. The first-order valence-electron chi connectivity index (χ1n) is 9.03. The summed E-state index contributed by atoms with van der Waals surface area (Å²) in [4.78, 5) is 41.1. The van der Waals surface area contributed by atoms with E-state index in [9.17, 15) is 14.4 Å². The minimum atomic E-state index is -1.84. The summed E-state index contributed by atoms with van der Waals surface area (Å²) in [6, 6.07) is 6.87. The molecule has 1 atom stereocenters. The van der Waals surface area contributed by atoms with Gasteiger partial charge < -0.3 is 24.8 Å². The SMILES string of the molecule is C=CCN1C(=O)C2(C(C(=O)OCC)=C(C)OC(N)=C2C(=O)OC)c2ccccc21. The van der Waals surface area contributed by atoms with Gasteiger partial charge >= 0.3 is 11.9 Å². The lowest BCUT2D eigenvalue weighted by molar-refractivity contribution is -0.142. The number of methoxy groups -OCH3 is 1. The Hall–Kier alpha value is -3.55. The van der Waals surface area contributed by atoms with Crippen LogP contribution >= 0.6 is 0 Å². The van der Waals surface area contributed by atoms with E-state index < -0.39 is 23.3 Å². The number of rotatable bonds is 5. The number of benzene rings is 1. The quantitative estimate of drug-likeness (QED) is 0.594. The third-order valence-electron chi connectivity index (χ3n) is 4.96. The second kappa shape index (κ2) is 7.46. The maximum atomic E-state index is 13.9. The number of esters is 2. The summed E-state index contributed by atoms with van der Waals surface area (Å²) in [7, 11) is 1.17. The van der Waals surface area contributed by atoms with Crippen LogP contribution in [0.5, 0.6) is 0 Å². The number of hydrogen-bond acceptors (Lipinski definition) is 7. The molecule has 1 aromatic carbocycles. The van der Waals surface area contributed by atoms with Crippen LogP contribution in [0.4, 0.5) is 5.69 Å². The Morgan fingerprint density at radius 3 is 2.59 bits per heavy atom. The smallest absolute Gasteiger partial charge is 0.340 e. The van der Waals surface area contributed by atoms with Gasteiger partial charge in [-0.2, -0.15) is 0 Å². The van der Waals surface area contributed by atoms with Gasteiger partial charge in [-0.25, -0.2) is 9.59 Å². The number of allylic oxidation sites excluding steroid dienone is 1. The number of carbonyl (C=O) groups is 3. The standard InChI is InChI=1S/C21H22N2O6/c1-5-11-23-14-10-8-7-9-13(14)21(20(23)26)15(19(25)28-6-2)12(3)29-17(22)16(21)18(24)27-4/h5,7-10H,1,6,11,22H2,2-4H3. The molecule has 8 nitrogen and oxygen atoms in total. The Kier molecular flexibility index (Phi) is 5.19. The molecule has 0 aromatic heterocycles. The Morgan fingerprint density at radius 2 is 1.97 bits per heavy atom. The number of nitrogens with two attached hydrogens (primary N) is 1. The van der Waals surface area contributed by atoms with Gasteiger partial charge in [-0.1, -0.05) is 24.3 Å². The number of fused-ring (bicyclic) bond motifs is 2. The van der Waals surface area contributed by atoms with E-state index in [0.717, 1.165) is 0 Å². The maximum Gasteiger partial charge on any atom is 0.340 e. The average molecular weight is 398 g/mol. The van der Waals surface area contributed by atoms with Crippen LogP contribution in [0.15, 0.2) is 59.7 Å². The van der Waals surface area contributed by atoms with Gasteiger partial charge in [-0.3, -0.25) is 4.79 Å². The van der Waals surface area contributed by atoms with Gasteiger partial charge in [0.1, 0.15) is 22.3 Å². The highest BCUT2D eigenvalue weighted by atomic mass is 16.5. The molecule has 152 valence electrons. The minimum Gasteiger partial charge on any atom is -0.465 e. The van der Waals surface area contributed by atoms with E-state index in [1.165, 1.54) is 18.9 Å². The molecule has 1 amide bonds. The molecule has 0 fully saturated rings. The molecule has 8 heteroatoms. The zero-order chi connectivity index (χ0) is 21.3. The molecular weight excluding hydrogens is 376 g/mol. The fourth-order valence-corrected chi connectivity index (χ4v) is 3.94. The molecule has 0 saturated carbocycles. The maximum absolute atomic E-state index is 13.9. The van der Waals surface area contributed by atoms with Gasteiger partial charge in [-0.15, -0.1) is 6.58 Å². The van der Waals surface area contributed by atoms with E-state index >= 15 is 0 Å². The Morgan fingerprint density at radius 1 is 1.28 bits per heavy atom. The second-order valence-corrected chi connectivity index (χ2v) is 6.46. The summed E-state index contributed by atoms with van der Waals surface area (Å²) in [5.74, 6) is -2.40. The van der Waals surface area contributed by atoms with Crippen molar-refractivity contribution < 1.29 is 28.6 Å². The van der Waals surface area contributed by atoms with Crippen LogP contribution in [-0.4, -0.2) is 38.1 Å². The molecule has 1 unspecified atom stereocenters. The summed E-state index contributed by atoms with van der Waals surface area (Å²) in [5.41, 5.74) is 4.81. The summed E-state index contributed by atoms with van der Waals surface area (Å²) in [6.45, 7) is 7.08. The first kappa shape index (κ1) is 20.2. The first-order chi connectivity index (χ1) is 13.9. The van der Waals surface area contributed by atoms with Gasteiger partial charge in [0.2, 0.25) is 11.8 Å². The number of carbonyl (C=O) groups excluding carboxylic acids is 3. The minimum absolute atomic E-state index is 0.0741. The highest BCUT2D eigenvalue weighted by molar-refractivity contribution is 6.22. The van der Waals surface area contributed by atoms with Crippen LogP contribution in [0.25, 0.3) is 0 Å². The van der Waals surface area contributed by atoms with Gasteiger partial charge in [0.25, 0.3) is 0 Å². The van der Waals surface area contributed by atoms with Crippen LogP contribution in [-0.2, 0) is 34.0 Å². The Labute approximate surface area is 168 Å². The number of anilines is 1. The third kappa shape index (κ3) is 2.71. The normalized spacial score (nSPS) is 20.5. The van der Waals surface area contributed by atoms with E-state index in [1.807, 2.05) is 0 Å². The molecule has 0 radical (unpaired) electrons. The van der Waals surface area contributed by atoms with E-state index in [2.05, 4.69) is 6.58 Å². The average Bonchev–Trinajstić information content (AvgIpc) is 2.91. The summed E-state index contributed by atoms with van der Waals surface area (Å²) in [6.07, 6.45) is 1.55. The molecule has 2 heterocycles. The predicted octanol–water partition coefficient (Wildman–Crippen LogP) is 1.67. The van der Waals surface area contributed by atoms with E-state index in [1.54, 1.807) is 37.3 Å². The van der Waals surface area contributed by atoms with Crippen molar-refractivity contribution in [2.45, 2.75) is 19.3 Å². The molecule has 1 aromatic rings. The van der Waals surface area contributed by atoms with Crippen LogP contribution in [0.3, 0.4) is 0 Å². The molecule has 2 N–H and O–H groups in total. The molecule has 0 saturated heterocycles. The molecule has 0 bridgehead atoms. The molecule has 3 rings (SSSR count). The molecular formula is C21H22N2O6. The highest BCUT2D eigenvalue weighted by Gasteiger charge is 2.63. The van der Waals surface area contributed by atoms with Crippen molar-refractivity contribution in [2.75, 3.05) is 25.2 Å². The molecule has 2 aliphatic rings. The highest BCUT2D eigenvalue weighted by Crippen LogP contribution is 2.54. The van der Waals surface area contributed by atoms with Crippen molar-refractivity contribution in [3.8, 4) is 0 Å². The van der Waals surface area contributed by atoms with Crippen molar-refractivity contribution in [1.29, 1.82) is 0 Å². The fraction of sp³-hybridized carbons (Fsp3) is 0.286. The topological polar surface area (TPSA) is 108 Å². The lowest BCUT2D eigenvalue weighted by atomic mass is 9.67. The third-order valence-corrected chi connectivity index (χ3v) is 4.96. The summed E-state index contributed by atoms with van der Waals surface area (Å²) >= 11 is 0. The van der Waals surface area contributed by atoms with E-state index in [0.29, 0.717) is 11.3 Å². The van der Waals surface area contributed by atoms with Crippen molar-refractivity contribution in [2.24, 2.45) is 5.73 Å². The lowest BCUT2D eigenvalue weighted by Gasteiger charge is -2.36. The van der Waals surface area contributed by atoms with Gasteiger partial charge in [0.05, 0.1) is 13.7 Å². The number of hydrogen-bond donors (Lipinski definition) is 1. The number of ether oxygens (including phenoxy) is 3. The van der Waals surface area contributed by atoms with Gasteiger partial charge in [-0.05, 0) is 19.9 Å². The Balaban J connectivity index is 2.45. The number of para-hydroxylation sites is 1. The van der Waals surface area contributed by atoms with Gasteiger partial charge in [0, 0.05) is 17.8 Å². The van der Waals surface area contributed by atoms with E-state index in [-0.39, 0.29) is 35.9 Å². The van der Waals surface area contributed by atoms with Crippen molar-refractivity contribution in [3.63, 3.8) is 0 Å². The number of nitrogens with zero attached hydrogens (tertiary/aromatic N) is 1. The summed E-state index contributed by atoms with van der Waals surface area (Å²) in [5, 5.41) is 0. The van der Waals surface area contributed by atoms with Gasteiger partial charge in [0.15, 0.2) is 0 Å². The lowest BCUT2D eigenvalue weighted by Crippen LogP contribution is -2.50. The van der Waals surface area contributed by atoms with Crippen molar-refractivity contribution in [1.82, 2.24) is 0 Å². The second-order valence-electron chi connectivity index (χ2n) is 6.46. The van der Waals surface area contributed by atoms with Crippen LogP contribution in [0.1, 0.15) is 19.4 Å². The zero-order valence-electron chi connectivity index (χ0n) is 16.5. The fourth-order valence-electron chi connectivity index (χ4n) is 3.94. The van der Waals surface area contributed by atoms with Crippen LogP contribution in [0, 0.1) is 0 Å². The van der Waals surface area contributed by atoms with Crippen LogP contribution in [0.2, 0.25) is 0 Å². The first-order valence-corrected chi connectivity index (χ1v) is 9.03. The van der Waals surface area contributed by atoms with E-state index in [4.69, 9.17) is 19.9 Å². The molecule has 2 aliphatic heterocycles. The molecule has 1 spiro atoms. The molecule has 29 heavy (non-hydrogen) atoms. The van der Waals surface area contributed by atoms with Crippen molar-refractivity contribution >= 4 is 23.5 Å². The molecule has 0 aliphatic carbocycles. The van der Waals surface area contributed by atoms with Crippen LogP contribution < -0.4 is 10.6 Å². The van der Waals surface area contributed by atoms with Crippen molar-refractivity contribution in [3.05, 3.63) is 65.3 Å². The summed E-state index contributed by atoms with van der Waals surface area (Å²) < 4.78 is 15.6. The predicted molar refractivity (Wildman–Crippen MR) is 104 cm³/mol. The monoisotopic (exact) mass is 398 g/mol.